The standard InChI is InChI=1S/C14H13ClN2S/c15-14-5-4-11(18-14)9-16-8-10-2-1-3-13-12(10)6-7-17-13/h1-7,16-17H,8-9H2. The minimum absolute atomic E-state index is 0.847. The predicted molar refractivity (Wildman–Crippen MR) is 78.2 cm³/mol. The summed E-state index contributed by atoms with van der Waals surface area (Å²) < 4.78 is 0.847. The number of thiophene rings is 1. The number of halogens is 1. The van der Waals surface area contributed by atoms with Crippen molar-refractivity contribution in [3.63, 3.8) is 0 Å². The molecule has 18 heavy (non-hydrogen) atoms. The van der Waals surface area contributed by atoms with Crippen LogP contribution in [0.4, 0.5) is 0 Å². The van der Waals surface area contributed by atoms with Crippen molar-refractivity contribution in [3.05, 3.63) is 57.4 Å². The van der Waals surface area contributed by atoms with E-state index in [0.29, 0.717) is 0 Å². The second kappa shape index (κ2) is 5.14. The number of hydrogen-bond donors (Lipinski definition) is 2. The fraction of sp³-hybridized carbons (Fsp3) is 0.143. The van der Waals surface area contributed by atoms with E-state index in [9.17, 15) is 0 Å². The molecule has 0 radical (unpaired) electrons. The molecule has 0 aliphatic rings. The number of aromatic amines is 1. The van der Waals surface area contributed by atoms with Gasteiger partial charge in [-0.3, -0.25) is 0 Å². The predicted octanol–water partition coefficient (Wildman–Crippen LogP) is 4.17. The summed E-state index contributed by atoms with van der Waals surface area (Å²) in [6, 6.07) is 12.5. The molecule has 0 spiro atoms. The minimum Gasteiger partial charge on any atom is -0.361 e. The Morgan fingerprint density at radius 2 is 2.06 bits per heavy atom. The molecule has 92 valence electrons. The zero-order chi connectivity index (χ0) is 12.4. The van der Waals surface area contributed by atoms with Crippen LogP contribution in [0.1, 0.15) is 10.4 Å². The first kappa shape index (κ1) is 11.8. The molecule has 2 nitrogen and oxygen atoms in total. The highest BCUT2D eigenvalue weighted by Crippen LogP contribution is 2.21. The Labute approximate surface area is 115 Å². The fourth-order valence-corrected chi connectivity index (χ4v) is 3.13. The number of nitrogens with one attached hydrogen (secondary N) is 2. The Morgan fingerprint density at radius 1 is 1.11 bits per heavy atom. The summed E-state index contributed by atoms with van der Waals surface area (Å²) in [6.07, 6.45) is 1.98. The number of fused-ring (bicyclic) bond motifs is 1. The van der Waals surface area contributed by atoms with E-state index in [1.165, 1.54) is 21.3 Å². The maximum absolute atomic E-state index is 5.91. The van der Waals surface area contributed by atoms with Gasteiger partial charge >= 0.3 is 0 Å². The largest absolute Gasteiger partial charge is 0.361 e. The van der Waals surface area contributed by atoms with Crippen LogP contribution in [0.15, 0.2) is 42.6 Å². The second-order valence-electron chi connectivity index (χ2n) is 4.17. The topological polar surface area (TPSA) is 27.8 Å². The summed E-state index contributed by atoms with van der Waals surface area (Å²) in [6.45, 7) is 1.73. The van der Waals surface area contributed by atoms with Crippen LogP contribution in [0, 0.1) is 0 Å². The van der Waals surface area contributed by atoms with Crippen molar-refractivity contribution in [2.24, 2.45) is 0 Å². The number of aromatic nitrogens is 1. The summed E-state index contributed by atoms with van der Waals surface area (Å²) in [4.78, 5) is 4.49. The molecule has 0 fully saturated rings. The van der Waals surface area contributed by atoms with Gasteiger partial charge in [-0.25, -0.2) is 0 Å². The van der Waals surface area contributed by atoms with Gasteiger partial charge in [-0.2, -0.15) is 0 Å². The van der Waals surface area contributed by atoms with Gasteiger partial charge in [-0.1, -0.05) is 23.7 Å². The minimum atomic E-state index is 0.847. The van der Waals surface area contributed by atoms with Crippen LogP contribution in [0.2, 0.25) is 4.34 Å². The third-order valence-corrected chi connectivity index (χ3v) is 4.16. The highest BCUT2D eigenvalue weighted by Gasteiger charge is 2.02. The Morgan fingerprint density at radius 3 is 2.89 bits per heavy atom. The molecule has 2 aromatic heterocycles. The number of hydrogen-bond acceptors (Lipinski definition) is 2. The Balaban J connectivity index is 1.68. The Bertz CT molecular complexity index is 656. The third kappa shape index (κ3) is 2.43. The molecular weight excluding hydrogens is 264 g/mol. The van der Waals surface area contributed by atoms with Gasteiger partial charge in [0.2, 0.25) is 0 Å². The van der Waals surface area contributed by atoms with Gasteiger partial charge in [0, 0.05) is 35.1 Å². The van der Waals surface area contributed by atoms with Crippen molar-refractivity contribution in [2.45, 2.75) is 13.1 Å². The van der Waals surface area contributed by atoms with E-state index in [0.717, 1.165) is 17.4 Å². The normalized spacial score (nSPS) is 11.2. The Hall–Kier alpha value is -1.29. The van der Waals surface area contributed by atoms with E-state index in [4.69, 9.17) is 11.6 Å². The molecule has 2 heterocycles. The van der Waals surface area contributed by atoms with Crippen LogP contribution >= 0.6 is 22.9 Å². The molecule has 3 rings (SSSR count). The molecule has 0 bridgehead atoms. The molecule has 0 unspecified atom stereocenters. The maximum atomic E-state index is 5.91. The van der Waals surface area contributed by atoms with Gasteiger partial charge in [0.05, 0.1) is 4.34 Å². The van der Waals surface area contributed by atoms with E-state index in [1.807, 2.05) is 12.3 Å². The van der Waals surface area contributed by atoms with Gasteiger partial charge in [0.1, 0.15) is 0 Å². The van der Waals surface area contributed by atoms with Gasteiger partial charge < -0.3 is 10.3 Å². The molecular formula is C14H13ClN2S. The van der Waals surface area contributed by atoms with Crippen molar-refractivity contribution in [1.29, 1.82) is 0 Å². The average Bonchev–Trinajstić information content (AvgIpc) is 2.98. The quantitative estimate of drug-likeness (QED) is 0.735. The molecule has 0 amide bonds. The monoisotopic (exact) mass is 276 g/mol. The lowest BCUT2D eigenvalue weighted by atomic mass is 10.1. The van der Waals surface area contributed by atoms with E-state index < -0.39 is 0 Å². The highest BCUT2D eigenvalue weighted by atomic mass is 35.5. The number of rotatable bonds is 4. The van der Waals surface area contributed by atoms with Crippen molar-refractivity contribution in [1.82, 2.24) is 10.3 Å². The van der Waals surface area contributed by atoms with Gasteiger partial charge in [0.15, 0.2) is 0 Å². The maximum Gasteiger partial charge on any atom is 0.0931 e. The van der Waals surface area contributed by atoms with E-state index in [1.54, 1.807) is 11.3 Å². The van der Waals surface area contributed by atoms with Crippen LogP contribution in [0.5, 0.6) is 0 Å². The molecule has 3 aromatic rings. The van der Waals surface area contributed by atoms with Crippen LogP contribution in [0.3, 0.4) is 0 Å². The van der Waals surface area contributed by atoms with Crippen LogP contribution in [-0.4, -0.2) is 4.98 Å². The molecule has 0 aliphatic heterocycles. The molecule has 0 aliphatic carbocycles. The van der Waals surface area contributed by atoms with Crippen LogP contribution < -0.4 is 5.32 Å². The molecule has 0 saturated carbocycles. The molecule has 0 atom stereocenters. The van der Waals surface area contributed by atoms with Crippen LogP contribution in [0.25, 0.3) is 10.9 Å². The van der Waals surface area contributed by atoms with Crippen molar-refractivity contribution < 1.29 is 0 Å². The first-order valence-corrected chi connectivity index (χ1v) is 7.02. The smallest absolute Gasteiger partial charge is 0.0931 e. The summed E-state index contributed by atoms with van der Waals surface area (Å²) in [5, 5.41) is 4.74. The molecule has 0 saturated heterocycles. The van der Waals surface area contributed by atoms with Gasteiger partial charge in [-0.05, 0) is 29.8 Å². The van der Waals surface area contributed by atoms with Crippen molar-refractivity contribution in [3.8, 4) is 0 Å². The lowest BCUT2D eigenvalue weighted by Gasteiger charge is -2.05. The van der Waals surface area contributed by atoms with Gasteiger partial charge in [0.25, 0.3) is 0 Å². The fourth-order valence-electron chi connectivity index (χ4n) is 2.07. The summed E-state index contributed by atoms with van der Waals surface area (Å²) >= 11 is 7.53. The zero-order valence-corrected chi connectivity index (χ0v) is 11.3. The SMILES string of the molecule is Clc1ccc(CNCc2cccc3[nH]ccc23)s1. The van der Waals surface area contributed by atoms with E-state index in [2.05, 4.69) is 40.6 Å². The average molecular weight is 277 g/mol. The highest BCUT2D eigenvalue weighted by molar-refractivity contribution is 7.16. The third-order valence-electron chi connectivity index (χ3n) is 2.93. The molecule has 1 aromatic carbocycles. The zero-order valence-electron chi connectivity index (χ0n) is 9.74. The molecule has 4 heteroatoms. The summed E-state index contributed by atoms with van der Waals surface area (Å²) in [5.41, 5.74) is 2.50. The lowest BCUT2D eigenvalue weighted by Crippen LogP contribution is -2.11. The summed E-state index contributed by atoms with van der Waals surface area (Å²) in [5.74, 6) is 0. The van der Waals surface area contributed by atoms with Crippen LogP contribution in [-0.2, 0) is 13.1 Å². The first-order chi connectivity index (χ1) is 8.83. The molecule has 2 N–H and O–H groups in total. The van der Waals surface area contributed by atoms with Crippen molar-refractivity contribution >= 4 is 33.8 Å². The second-order valence-corrected chi connectivity index (χ2v) is 5.97. The summed E-state index contributed by atoms with van der Waals surface area (Å²) in [7, 11) is 0. The van der Waals surface area contributed by atoms with E-state index in [-0.39, 0.29) is 0 Å². The van der Waals surface area contributed by atoms with Gasteiger partial charge in [-0.15, -0.1) is 11.3 Å². The van der Waals surface area contributed by atoms with E-state index >= 15 is 0 Å². The number of benzene rings is 1. The lowest BCUT2D eigenvalue weighted by molar-refractivity contribution is 0.704. The van der Waals surface area contributed by atoms with Crippen molar-refractivity contribution in [2.75, 3.05) is 0 Å². The first-order valence-electron chi connectivity index (χ1n) is 5.83. The Kier molecular flexibility index (Phi) is 3.37. The number of H-pyrrole nitrogens is 1.